The normalized spacial score (nSPS) is 11.3. The number of benzene rings is 1. The molecule has 0 unspecified atom stereocenters. The van der Waals surface area contributed by atoms with Crippen LogP contribution in [0.3, 0.4) is 0 Å². The van der Waals surface area contributed by atoms with Crippen molar-refractivity contribution in [2.24, 2.45) is 0 Å². The van der Waals surface area contributed by atoms with Gasteiger partial charge in [-0.1, -0.05) is 18.2 Å². The van der Waals surface area contributed by atoms with Crippen LogP contribution in [0.15, 0.2) is 35.2 Å². The predicted molar refractivity (Wildman–Crippen MR) is 39.0 cm³/mol. The molecule has 0 heterocycles. The Labute approximate surface area is 60.4 Å². The number of hydrogen-bond acceptors (Lipinski definition) is 2. The van der Waals surface area contributed by atoms with Gasteiger partial charge in [-0.05, 0) is 12.1 Å². The van der Waals surface area contributed by atoms with Gasteiger partial charge in [0.1, 0.15) is 0 Å². The van der Waals surface area contributed by atoms with Crippen molar-refractivity contribution in [1.82, 2.24) is 0 Å². The maximum absolute atomic E-state index is 10.7. The summed E-state index contributed by atoms with van der Waals surface area (Å²) in [7, 11) is -3.25. The van der Waals surface area contributed by atoms with E-state index in [-0.39, 0.29) is 4.90 Å². The van der Waals surface area contributed by atoms with Crippen molar-refractivity contribution in [3.63, 3.8) is 0 Å². The molecule has 54 valence electrons. The molecule has 0 amide bonds. The molecule has 0 aromatic heterocycles. The summed E-state index contributed by atoms with van der Waals surface area (Å²) in [4.78, 5) is 0.259. The van der Waals surface area contributed by atoms with Crippen molar-refractivity contribution >= 4 is 9.84 Å². The van der Waals surface area contributed by atoms with Crippen molar-refractivity contribution in [3.8, 4) is 0 Å². The maximum atomic E-state index is 10.7. The van der Waals surface area contributed by atoms with E-state index in [0.717, 1.165) is 0 Å². The Hall–Kier alpha value is -0.830. The highest BCUT2D eigenvalue weighted by molar-refractivity contribution is 7.92. The van der Waals surface area contributed by atoms with Crippen molar-refractivity contribution < 1.29 is 8.42 Å². The van der Waals surface area contributed by atoms with E-state index in [0.29, 0.717) is 0 Å². The smallest absolute Gasteiger partial charge is 0.0493 e. The van der Waals surface area contributed by atoms with E-state index >= 15 is 0 Å². The summed E-state index contributed by atoms with van der Waals surface area (Å²) in [5.74, 6) is 0. The van der Waals surface area contributed by atoms with Gasteiger partial charge in [-0.25, -0.2) is 6.26 Å². The average molecular weight is 155 g/mol. The SMILES string of the molecule is [CH2-]S(=O)(=O)c1ccccc1. The van der Waals surface area contributed by atoms with Crippen molar-refractivity contribution in [2.75, 3.05) is 0 Å². The molecule has 0 aliphatic heterocycles. The Bertz CT molecular complexity index is 300. The van der Waals surface area contributed by atoms with Crippen LogP contribution in [0.2, 0.25) is 0 Å². The van der Waals surface area contributed by atoms with Crippen LogP contribution >= 0.6 is 0 Å². The molecule has 10 heavy (non-hydrogen) atoms. The van der Waals surface area contributed by atoms with Crippen molar-refractivity contribution in [3.05, 3.63) is 36.6 Å². The third kappa shape index (κ3) is 1.57. The van der Waals surface area contributed by atoms with E-state index in [1.54, 1.807) is 18.2 Å². The zero-order valence-corrected chi connectivity index (χ0v) is 6.14. The van der Waals surface area contributed by atoms with Gasteiger partial charge in [-0.15, -0.1) is 0 Å². The Morgan fingerprint density at radius 3 is 1.90 bits per heavy atom. The summed E-state index contributed by atoms with van der Waals surface area (Å²) in [5.41, 5.74) is 0. The molecule has 0 aliphatic carbocycles. The Balaban J connectivity index is 3.22. The molecule has 0 saturated carbocycles. The first-order valence-corrected chi connectivity index (χ1v) is 4.39. The summed E-state index contributed by atoms with van der Waals surface area (Å²) in [6.07, 6.45) is 3.01. The summed E-state index contributed by atoms with van der Waals surface area (Å²) < 4.78 is 21.4. The quantitative estimate of drug-likeness (QED) is 0.572. The Kier molecular flexibility index (Phi) is 1.76. The minimum atomic E-state index is -3.25. The van der Waals surface area contributed by atoms with Gasteiger partial charge in [0, 0.05) is 14.7 Å². The fraction of sp³-hybridized carbons (Fsp3) is 0. The summed E-state index contributed by atoms with van der Waals surface area (Å²) in [6.45, 7) is 0. The highest BCUT2D eigenvalue weighted by Crippen LogP contribution is 2.06. The van der Waals surface area contributed by atoms with Crippen LogP contribution in [0.1, 0.15) is 0 Å². The van der Waals surface area contributed by atoms with Crippen LogP contribution < -0.4 is 0 Å². The molecule has 0 saturated heterocycles. The van der Waals surface area contributed by atoms with Gasteiger partial charge in [-0.3, -0.25) is 8.42 Å². The fourth-order valence-corrected chi connectivity index (χ4v) is 1.20. The monoisotopic (exact) mass is 155 g/mol. The second kappa shape index (κ2) is 2.42. The zero-order chi connectivity index (χ0) is 7.61. The van der Waals surface area contributed by atoms with Crippen LogP contribution in [-0.2, 0) is 9.84 Å². The lowest BCUT2D eigenvalue weighted by molar-refractivity contribution is 0.604. The predicted octanol–water partition coefficient (Wildman–Crippen LogP) is 1.25. The zero-order valence-electron chi connectivity index (χ0n) is 5.32. The molecule has 0 fully saturated rings. The molecule has 0 radical (unpaired) electrons. The minimum absolute atomic E-state index is 0.259. The second-order valence-corrected chi connectivity index (χ2v) is 3.63. The van der Waals surface area contributed by atoms with Gasteiger partial charge in [0.2, 0.25) is 0 Å². The van der Waals surface area contributed by atoms with Gasteiger partial charge in [-0.2, -0.15) is 0 Å². The summed E-state index contributed by atoms with van der Waals surface area (Å²) >= 11 is 0. The first-order valence-electron chi connectivity index (χ1n) is 2.74. The molecule has 0 aliphatic rings. The molecule has 0 atom stereocenters. The van der Waals surface area contributed by atoms with Crippen molar-refractivity contribution in [1.29, 1.82) is 0 Å². The lowest BCUT2D eigenvalue weighted by Gasteiger charge is -2.00. The topological polar surface area (TPSA) is 34.1 Å². The molecule has 1 aromatic rings. The van der Waals surface area contributed by atoms with Crippen LogP contribution in [0.25, 0.3) is 0 Å². The molecular weight excluding hydrogens is 148 g/mol. The van der Waals surface area contributed by atoms with E-state index in [1.807, 2.05) is 0 Å². The molecular formula is C7H7O2S-. The van der Waals surface area contributed by atoms with E-state index in [4.69, 9.17) is 0 Å². The average Bonchev–Trinajstić information content (AvgIpc) is 1.88. The van der Waals surface area contributed by atoms with Crippen LogP contribution in [0.5, 0.6) is 0 Å². The molecule has 0 N–H and O–H groups in total. The lowest BCUT2D eigenvalue weighted by atomic mass is 10.4. The number of sulfone groups is 1. The van der Waals surface area contributed by atoms with Gasteiger partial charge >= 0.3 is 0 Å². The number of rotatable bonds is 1. The van der Waals surface area contributed by atoms with Crippen LogP contribution in [-0.4, -0.2) is 8.42 Å². The second-order valence-electron chi connectivity index (χ2n) is 1.93. The fourth-order valence-electron chi connectivity index (χ4n) is 0.628. The minimum Gasteiger partial charge on any atom is -0.258 e. The van der Waals surface area contributed by atoms with E-state index in [2.05, 4.69) is 6.26 Å². The first kappa shape index (κ1) is 7.28. The van der Waals surface area contributed by atoms with Gasteiger partial charge < -0.3 is 0 Å². The van der Waals surface area contributed by atoms with Crippen molar-refractivity contribution in [2.45, 2.75) is 4.90 Å². The standard InChI is InChI=1S/C7H7O2S/c1-10(8,9)7-5-3-2-4-6-7/h2-6H,1H2/q-1. The largest absolute Gasteiger partial charge is 0.258 e. The third-order valence-electron chi connectivity index (χ3n) is 1.10. The highest BCUT2D eigenvalue weighted by Gasteiger charge is 1.95. The summed E-state index contributed by atoms with van der Waals surface area (Å²) in [6, 6.07) is 8.12. The molecule has 0 bridgehead atoms. The van der Waals surface area contributed by atoms with Crippen LogP contribution in [0.4, 0.5) is 0 Å². The maximum Gasteiger partial charge on any atom is 0.0493 e. The van der Waals surface area contributed by atoms with Gasteiger partial charge in [0.25, 0.3) is 0 Å². The molecule has 0 spiro atoms. The Morgan fingerprint density at radius 2 is 1.60 bits per heavy atom. The van der Waals surface area contributed by atoms with Gasteiger partial charge in [0.05, 0.1) is 0 Å². The third-order valence-corrected chi connectivity index (χ3v) is 2.09. The first-order chi connectivity index (χ1) is 4.61. The van der Waals surface area contributed by atoms with E-state index in [1.165, 1.54) is 12.1 Å². The van der Waals surface area contributed by atoms with Gasteiger partial charge in [0.15, 0.2) is 0 Å². The summed E-state index contributed by atoms with van der Waals surface area (Å²) in [5, 5.41) is 0. The molecule has 3 heteroatoms. The number of hydrogen-bond donors (Lipinski definition) is 0. The highest BCUT2D eigenvalue weighted by atomic mass is 32.2. The molecule has 1 aromatic carbocycles. The molecule has 2 nitrogen and oxygen atoms in total. The molecule has 1 rings (SSSR count). The van der Waals surface area contributed by atoms with E-state index in [9.17, 15) is 8.42 Å². The lowest BCUT2D eigenvalue weighted by Crippen LogP contribution is -1.92. The Morgan fingerprint density at radius 1 is 1.10 bits per heavy atom. The van der Waals surface area contributed by atoms with E-state index < -0.39 is 9.84 Å². The van der Waals surface area contributed by atoms with Crippen LogP contribution in [0, 0.1) is 6.26 Å².